The molecule has 0 aromatic heterocycles. The first-order valence-electron chi connectivity index (χ1n) is 6.73. The summed E-state index contributed by atoms with van der Waals surface area (Å²) in [5.74, 6) is 0.957. The van der Waals surface area contributed by atoms with Crippen molar-refractivity contribution in [1.29, 1.82) is 0 Å². The molecule has 2 heteroatoms. The second-order valence-corrected chi connectivity index (χ2v) is 4.52. The Morgan fingerprint density at radius 3 is 2.41 bits per heavy atom. The van der Waals surface area contributed by atoms with Gasteiger partial charge in [0.15, 0.2) is 0 Å². The zero-order chi connectivity index (χ0) is 12.5. The van der Waals surface area contributed by atoms with E-state index in [-0.39, 0.29) is 0 Å². The van der Waals surface area contributed by atoms with Gasteiger partial charge < -0.3 is 10.5 Å². The van der Waals surface area contributed by atoms with Crippen molar-refractivity contribution in [2.75, 3.05) is 6.61 Å². The maximum Gasteiger partial charge on any atom is 0.119 e. The number of nitrogens with two attached hydrogens (primary N) is 1. The van der Waals surface area contributed by atoms with Crippen LogP contribution in [0.25, 0.3) is 0 Å². The second-order valence-electron chi connectivity index (χ2n) is 4.52. The Hall–Kier alpha value is -1.02. The van der Waals surface area contributed by atoms with Gasteiger partial charge in [-0.25, -0.2) is 0 Å². The first kappa shape index (κ1) is 14.0. The molecule has 0 fully saturated rings. The number of hydrogen-bond acceptors (Lipinski definition) is 2. The number of hydrogen-bond donors (Lipinski definition) is 1. The van der Waals surface area contributed by atoms with Gasteiger partial charge in [-0.05, 0) is 50.3 Å². The van der Waals surface area contributed by atoms with Crippen LogP contribution >= 0.6 is 0 Å². The third-order valence-electron chi connectivity index (χ3n) is 2.93. The van der Waals surface area contributed by atoms with Crippen LogP contribution in [0, 0.1) is 0 Å². The van der Waals surface area contributed by atoms with Gasteiger partial charge >= 0.3 is 0 Å². The zero-order valence-corrected chi connectivity index (χ0v) is 11.1. The van der Waals surface area contributed by atoms with Gasteiger partial charge in [0.2, 0.25) is 0 Å². The summed E-state index contributed by atoms with van der Waals surface area (Å²) in [5.41, 5.74) is 7.36. The number of ether oxygens (including phenoxy) is 1. The van der Waals surface area contributed by atoms with E-state index in [0.29, 0.717) is 6.04 Å². The third kappa shape index (κ3) is 5.73. The average Bonchev–Trinajstić information content (AvgIpc) is 2.32. The van der Waals surface area contributed by atoms with Crippen molar-refractivity contribution >= 4 is 0 Å². The number of benzene rings is 1. The molecule has 1 atom stereocenters. The maximum absolute atomic E-state index is 5.99. The minimum absolute atomic E-state index is 0.377. The molecule has 2 N–H and O–H groups in total. The summed E-state index contributed by atoms with van der Waals surface area (Å²) in [6.07, 6.45) is 5.74. The lowest BCUT2D eigenvalue weighted by Crippen LogP contribution is -2.19. The summed E-state index contributed by atoms with van der Waals surface area (Å²) >= 11 is 0. The summed E-state index contributed by atoms with van der Waals surface area (Å²) in [6, 6.07) is 8.77. The molecule has 0 spiro atoms. The van der Waals surface area contributed by atoms with E-state index in [4.69, 9.17) is 10.5 Å². The first-order chi connectivity index (χ1) is 8.26. The van der Waals surface area contributed by atoms with Gasteiger partial charge in [0.05, 0.1) is 6.61 Å². The molecular weight excluding hydrogens is 210 g/mol. The van der Waals surface area contributed by atoms with E-state index >= 15 is 0 Å². The molecular formula is C15H25NO. The molecule has 0 aliphatic carbocycles. The van der Waals surface area contributed by atoms with E-state index in [1.807, 2.05) is 19.1 Å². The predicted octanol–water partition coefficient (Wildman–Crippen LogP) is 3.54. The average molecular weight is 235 g/mol. The minimum Gasteiger partial charge on any atom is -0.494 e. The summed E-state index contributed by atoms with van der Waals surface area (Å²) in [6.45, 7) is 4.92. The standard InChI is InChI=1S/C15H25NO/c1-3-6-14(16)8-5-7-13-9-11-15(12-10-13)17-4-2/h9-12,14H,3-8,16H2,1-2H3. The molecule has 0 saturated heterocycles. The molecule has 2 nitrogen and oxygen atoms in total. The molecule has 0 heterocycles. The molecule has 0 aliphatic rings. The van der Waals surface area contributed by atoms with Crippen molar-refractivity contribution in [3.63, 3.8) is 0 Å². The van der Waals surface area contributed by atoms with Crippen LogP contribution in [0.5, 0.6) is 5.75 Å². The minimum atomic E-state index is 0.377. The van der Waals surface area contributed by atoms with Crippen LogP contribution < -0.4 is 10.5 Å². The zero-order valence-electron chi connectivity index (χ0n) is 11.1. The van der Waals surface area contributed by atoms with Crippen molar-refractivity contribution in [3.05, 3.63) is 29.8 Å². The second kappa shape index (κ2) is 8.13. The lowest BCUT2D eigenvalue weighted by atomic mass is 10.0. The summed E-state index contributed by atoms with van der Waals surface area (Å²) < 4.78 is 5.42. The fraction of sp³-hybridized carbons (Fsp3) is 0.600. The fourth-order valence-corrected chi connectivity index (χ4v) is 2.00. The smallest absolute Gasteiger partial charge is 0.119 e. The summed E-state index contributed by atoms with van der Waals surface area (Å²) in [5, 5.41) is 0. The van der Waals surface area contributed by atoms with Crippen molar-refractivity contribution < 1.29 is 4.74 Å². The molecule has 0 saturated carbocycles. The number of aryl methyl sites for hydroxylation is 1. The normalized spacial score (nSPS) is 12.4. The quantitative estimate of drug-likeness (QED) is 0.748. The van der Waals surface area contributed by atoms with Crippen LogP contribution in [0.2, 0.25) is 0 Å². The Morgan fingerprint density at radius 2 is 1.82 bits per heavy atom. The van der Waals surface area contributed by atoms with Crippen LogP contribution in [0.4, 0.5) is 0 Å². The van der Waals surface area contributed by atoms with Gasteiger partial charge in [0.1, 0.15) is 5.75 Å². The van der Waals surface area contributed by atoms with Gasteiger partial charge in [0.25, 0.3) is 0 Å². The number of rotatable bonds is 8. The monoisotopic (exact) mass is 235 g/mol. The molecule has 0 aliphatic heterocycles. The summed E-state index contributed by atoms with van der Waals surface area (Å²) in [4.78, 5) is 0. The highest BCUT2D eigenvalue weighted by Gasteiger charge is 2.01. The van der Waals surface area contributed by atoms with E-state index < -0.39 is 0 Å². The molecule has 1 aromatic rings. The van der Waals surface area contributed by atoms with Crippen molar-refractivity contribution in [1.82, 2.24) is 0 Å². The highest BCUT2D eigenvalue weighted by molar-refractivity contribution is 5.27. The molecule has 0 radical (unpaired) electrons. The molecule has 1 unspecified atom stereocenters. The van der Waals surface area contributed by atoms with Crippen molar-refractivity contribution in [2.24, 2.45) is 5.73 Å². The molecule has 1 rings (SSSR count). The van der Waals surface area contributed by atoms with E-state index in [1.165, 1.54) is 18.4 Å². The molecule has 0 amide bonds. The van der Waals surface area contributed by atoms with E-state index in [9.17, 15) is 0 Å². The van der Waals surface area contributed by atoms with Crippen LogP contribution in [-0.2, 0) is 6.42 Å². The van der Waals surface area contributed by atoms with Gasteiger partial charge in [-0.15, -0.1) is 0 Å². The van der Waals surface area contributed by atoms with Crippen LogP contribution in [0.1, 0.15) is 45.1 Å². The van der Waals surface area contributed by atoms with Crippen molar-refractivity contribution in [2.45, 2.75) is 52.0 Å². The topological polar surface area (TPSA) is 35.2 Å². The Labute approximate surface area is 105 Å². The van der Waals surface area contributed by atoms with Crippen LogP contribution in [0.15, 0.2) is 24.3 Å². The Kier molecular flexibility index (Phi) is 6.71. The van der Waals surface area contributed by atoms with Crippen molar-refractivity contribution in [3.8, 4) is 5.75 Å². The highest BCUT2D eigenvalue weighted by Crippen LogP contribution is 2.14. The maximum atomic E-state index is 5.99. The lowest BCUT2D eigenvalue weighted by Gasteiger charge is -2.10. The SMILES string of the molecule is CCCC(N)CCCc1ccc(OCC)cc1. The Morgan fingerprint density at radius 1 is 1.12 bits per heavy atom. The van der Waals surface area contributed by atoms with Gasteiger partial charge in [-0.1, -0.05) is 25.5 Å². The van der Waals surface area contributed by atoms with Crippen LogP contribution in [-0.4, -0.2) is 12.6 Å². The summed E-state index contributed by atoms with van der Waals surface area (Å²) in [7, 11) is 0. The van der Waals surface area contributed by atoms with E-state index in [0.717, 1.165) is 31.6 Å². The Bertz CT molecular complexity index is 294. The first-order valence-corrected chi connectivity index (χ1v) is 6.73. The largest absolute Gasteiger partial charge is 0.494 e. The predicted molar refractivity (Wildman–Crippen MR) is 73.4 cm³/mol. The van der Waals surface area contributed by atoms with E-state index in [2.05, 4.69) is 19.1 Å². The van der Waals surface area contributed by atoms with Gasteiger partial charge in [0, 0.05) is 6.04 Å². The molecule has 17 heavy (non-hydrogen) atoms. The van der Waals surface area contributed by atoms with Gasteiger partial charge in [-0.2, -0.15) is 0 Å². The highest BCUT2D eigenvalue weighted by atomic mass is 16.5. The van der Waals surface area contributed by atoms with Gasteiger partial charge in [-0.3, -0.25) is 0 Å². The fourth-order valence-electron chi connectivity index (χ4n) is 2.00. The molecule has 1 aromatic carbocycles. The van der Waals surface area contributed by atoms with Crippen LogP contribution in [0.3, 0.4) is 0 Å². The Balaban J connectivity index is 2.27. The molecule has 96 valence electrons. The van der Waals surface area contributed by atoms with E-state index in [1.54, 1.807) is 0 Å². The molecule has 0 bridgehead atoms. The third-order valence-corrected chi connectivity index (χ3v) is 2.93. The lowest BCUT2D eigenvalue weighted by molar-refractivity contribution is 0.340.